The van der Waals surface area contributed by atoms with Crippen LogP contribution in [0.2, 0.25) is 0 Å². The topological polar surface area (TPSA) is 98.7 Å². The molecule has 0 aromatic carbocycles. The van der Waals surface area contributed by atoms with Gasteiger partial charge in [-0.1, -0.05) is 0 Å². The highest BCUT2D eigenvalue weighted by atomic mass is 16.5. The van der Waals surface area contributed by atoms with Crippen molar-refractivity contribution in [1.29, 1.82) is 0 Å². The molecule has 0 bridgehead atoms. The maximum Gasteiger partial charge on any atom is 0.240 e. The Hall–Kier alpha value is -1.14. The van der Waals surface area contributed by atoms with Gasteiger partial charge < -0.3 is 21.1 Å². The molecular formula is C10H21N3O3. The number of nitrogens with zero attached hydrogens (tertiary/aromatic N) is 1. The zero-order valence-corrected chi connectivity index (χ0v) is 10.1. The minimum Gasteiger partial charge on any atom is -0.385 e. The van der Waals surface area contributed by atoms with E-state index in [9.17, 15) is 9.59 Å². The van der Waals surface area contributed by atoms with Gasteiger partial charge in [0, 0.05) is 19.8 Å². The summed E-state index contributed by atoms with van der Waals surface area (Å²) in [6, 6.07) is -0.754. The number of hydrogen-bond donors (Lipinski definition) is 2. The van der Waals surface area contributed by atoms with E-state index in [1.807, 2.05) is 13.8 Å². The molecular weight excluding hydrogens is 210 g/mol. The number of carbonyl (C=O) groups is 2. The summed E-state index contributed by atoms with van der Waals surface area (Å²) < 4.78 is 4.84. The van der Waals surface area contributed by atoms with Crippen molar-refractivity contribution < 1.29 is 14.3 Å². The van der Waals surface area contributed by atoms with Crippen molar-refractivity contribution in [3.63, 3.8) is 0 Å². The van der Waals surface area contributed by atoms with E-state index in [1.54, 1.807) is 7.11 Å². The van der Waals surface area contributed by atoms with E-state index in [0.29, 0.717) is 13.0 Å². The molecule has 16 heavy (non-hydrogen) atoms. The molecule has 0 radical (unpaired) electrons. The van der Waals surface area contributed by atoms with Crippen molar-refractivity contribution in [2.75, 3.05) is 20.3 Å². The highest BCUT2D eigenvalue weighted by molar-refractivity contribution is 5.87. The number of rotatable bonds is 7. The van der Waals surface area contributed by atoms with Gasteiger partial charge in [0.2, 0.25) is 11.8 Å². The fourth-order valence-corrected chi connectivity index (χ4v) is 1.26. The summed E-state index contributed by atoms with van der Waals surface area (Å²) in [5, 5.41) is 0. The van der Waals surface area contributed by atoms with Gasteiger partial charge in [-0.3, -0.25) is 9.59 Å². The van der Waals surface area contributed by atoms with Crippen molar-refractivity contribution >= 4 is 11.8 Å². The Morgan fingerprint density at radius 3 is 2.31 bits per heavy atom. The first-order chi connectivity index (χ1) is 7.40. The van der Waals surface area contributed by atoms with Gasteiger partial charge in [0.1, 0.15) is 0 Å². The van der Waals surface area contributed by atoms with Crippen molar-refractivity contribution in [2.24, 2.45) is 11.5 Å². The number of nitrogens with two attached hydrogens (primary N) is 2. The number of carbonyl (C=O) groups excluding carboxylic acids is 2. The summed E-state index contributed by atoms with van der Waals surface area (Å²) in [6.07, 6.45) is 0.428. The monoisotopic (exact) mass is 231 g/mol. The lowest BCUT2D eigenvalue weighted by atomic mass is 10.1. The Balaban J connectivity index is 4.42. The third kappa shape index (κ3) is 5.09. The first kappa shape index (κ1) is 14.9. The molecule has 2 amide bonds. The molecule has 1 unspecified atom stereocenters. The largest absolute Gasteiger partial charge is 0.385 e. The van der Waals surface area contributed by atoms with Crippen LogP contribution in [-0.4, -0.2) is 49.1 Å². The fraction of sp³-hybridized carbons (Fsp3) is 0.800. The van der Waals surface area contributed by atoms with Gasteiger partial charge in [0.05, 0.1) is 12.6 Å². The Morgan fingerprint density at radius 2 is 1.94 bits per heavy atom. The molecule has 4 N–H and O–H groups in total. The fourth-order valence-electron chi connectivity index (χ4n) is 1.26. The first-order valence-corrected chi connectivity index (χ1v) is 5.23. The zero-order chi connectivity index (χ0) is 12.7. The van der Waals surface area contributed by atoms with Gasteiger partial charge >= 0.3 is 0 Å². The second-order valence-corrected chi connectivity index (χ2v) is 3.91. The molecule has 0 saturated carbocycles. The summed E-state index contributed by atoms with van der Waals surface area (Å²) in [6.45, 7) is 3.93. The van der Waals surface area contributed by atoms with Gasteiger partial charge in [-0.05, 0) is 20.3 Å². The smallest absolute Gasteiger partial charge is 0.240 e. The first-order valence-electron chi connectivity index (χ1n) is 5.23. The van der Waals surface area contributed by atoms with E-state index in [-0.39, 0.29) is 18.5 Å². The van der Waals surface area contributed by atoms with E-state index in [0.717, 1.165) is 0 Å². The molecule has 0 aliphatic carbocycles. The Bertz CT molecular complexity index is 243. The molecule has 0 heterocycles. The highest BCUT2D eigenvalue weighted by Gasteiger charge is 2.24. The van der Waals surface area contributed by atoms with Crippen molar-refractivity contribution in [2.45, 2.75) is 32.4 Å². The molecule has 94 valence electrons. The Labute approximate surface area is 95.9 Å². The minimum atomic E-state index is -0.651. The molecule has 0 spiro atoms. The number of primary amides is 1. The van der Waals surface area contributed by atoms with E-state index in [1.165, 1.54) is 4.90 Å². The summed E-state index contributed by atoms with van der Waals surface area (Å²) in [7, 11) is 1.54. The zero-order valence-electron chi connectivity index (χ0n) is 10.1. The number of methoxy groups -OCH3 is 1. The third-order valence-electron chi connectivity index (χ3n) is 2.18. The molecule has 0 aromatic rings. The van der Waals surface area contributed by atoms with E-state index < -0.39 is 11.9 Å². The van der Waals surface area contributed by atoms with Crippen LogP contribution in [0.25, 0.3) is 0 Å². The van der Waals surface area contributed by atoms with Crippen molar-refractivity contribution in [3.05, 3.63) is 0 Å². The molecule has 0 fully saturated rings. The van der Waals surface area contributed by atoms with Crippen molar-refractivity contribution in [3.8, 4) is 0 Å². The maximum absolute atomic E-state index is 11.9. The molecule has 6 heteroatoms. The SMILES string of the molecule is COCCC(N)C(=O)N(CC(N)=O)C(C)C. The molecule has 0 aliphatic heterocycles. The average molecular weight is 231 g/mol. The van der Waals surface area contributed by atoms with Gasteiger partial charge in [0.15, 0.2) is 0 Å². The number of amides is 2. The predicted molar refractivity (Wildman–Crippen MR) is 60.5 cm³/mol. The van der Waals surface area contributed by atoms with Crippen LogP contribution in [0.4, 0.5) is 0 Å². The van der Waals surface area contributed by atoms with E-state index in [2.05, 4.69) is 0 Å². The van der Waals surface area contributed by atoms with Crippen LogP contribution in [0.5, 0.6) is 0 Å². The van der Waals surface area contributed by atoms with Crippen LogP contribution in [0.1, 0.15) is 20.3 Å². The van der Waals surface area contributed by atoms with Crippen molar-refractivity contribution in [1.82, 2.24) is 4.90 Å². The van der Waals surface area contributed by atoms with Crippen LogP contribution < -0.4 is 11.5 Å². The molecule has 6 nitrogen and oxygen atoms in total. The Morgan fingerprint density at radius 1 is 1.38 bits per heavy atom. The van der Waals surface area contributed by atoms with Gasteiger partial charge in [-0.15, -0.1) is 0 Å². The van der Waals surface area contributed by atoms with Crippen LogP contribution in [0.3, 0.4) is 0 Å². The molecule has 1 atom stereocenters. The average Bonchev–Trinajstić information content (AvgIpc) is 2.20. The second kappa shape index (κ2) is 7.19. The standard InChI is InChI=1S/C10H21N3O3/c1-7(2)13(6-9(12)14)10(15)8(11)4-5-16-3/h7-8H,4-6,11H2,1-3H3,(H2,12,14). The second-order valence-electron chi connectivity index (χ2n) is 3.91. The summed E-state index contributed by atoms with van der Waals surface area (Å²) in [4.78, 5) is 24.1. The lowest BCUT2D eigenvalue weighted by molar-refractivity contribution is -0.138. The Kier molecular flexibility index (Phi) is 6.67. The lowest BCUT2D eigenvalue weighted by Crippen LogP contribution is -2.50. The number of hydrogen-bond acceptors (Lipinski definition) is 4. The summed E-state index contributed by atoms with van der Waals surface area (Å²) in [5.74, 6) is -0.813. The van der Waals surface area contributed by atoms with Crippen LogP contribution in [-0.2, 0) is 14.3 Å². The molecule has 0 aromatic heterocycles. The molecule has 0 saturated heterocycles. The van der Waals surface area contributed by atoms with Gasteiger partial charge in [-0.2, -0.15) is 0 Å². The van der Waals surface area contributed by atoms with Crippen LogP contribution in [0, 0.1) is 0 Å². The summed E-state index contributed by atoms with van der Waals surface area (Å²) >= 11 is 0. The van der Waals surface area contributed by atoms with Gasteiger partial charge in [-0.25, -0.2) is 0 Å². The maximum atomic E-state index is 11.9. The normalized spacial score (nSPS) is 12.6. The van der Waals surface area contributed by atoms with E-state index >= 15 is 0 Å². The highest BCUT2D eigenvalue weighted by Crippen LogP contribution is 2.03. The molecule has 0 aliphatic rings. The predicted octanol–water partition coefficient (Wildman–Crippen LogP) is -0.927. The lowest BCUT2D eigenvalue weighted by Gasteiger charge is -2.28. The van der Waals surface area contributed by atoms with Crippen LogP contribution in [0.15, 0.2) is 0 Å². The minimum absolute atomic E-state index is 0.100. The molecule has 0 rings (SSSR count). The quantitative estimate of drug-likeness (QED) is 0.591. The van der Waals surface area contributed by atoms with Crippen LogP contribution >= 0.6 is 0 Å². The van der Waals surface area contributed by atoms with E-state index in [4.69, 9.17) is 16.2 Å². The summed E-state index contributed by atoms with van der Waals surface area (Å²) in [5.41, 5.74) is 10.8. The third-order valence-corrected chi connectivity index (χ3v) is 2.18. The number of ether oxygens (including phenoxy) is 1. The van der Waals surface area contributed by atoms with Gasteiger partial charge in [0.25, 0.3) is 0 Å².